The van der Waals surface area contributed by atoms with E-state index in [4.69, 9.17) is 21.3 Å². The molecule has 4 rings (SSSR count). The highest BCUT2D eigenvalue weighted by Crippen LogP contribution is 2.34. The number of hydrogen-bond acceptors (Lipinski definition) is 6. The maximum absolute atomic E-state index is 11.9. The van der Waals surface area contributed by atoms with E-state index >= 15 is 0 Å². The van der Waals surface area contributed by atoms with Crippen LogP contribution in [0.2, 0.25) is 5.02 Å². The van der Waals surface area contributed by atoms with Crippen LogP contribution < -0.4 is 4.90 Å². The molecule has 5 nitrogen and oxygen atoms in total. The van der Waals surface area contributed by atoms with Crippen molar-refractivity contribution in [3.8, 4) is 0 Å². The minimum Gasteiger partial charge on any atom is -0.466 e. The van der Waals surface area contributed by atoms with Crippen molar-refractivity contribution in [2.45, 2.75) is 46.2 Å². The highest BCUT2D eigenvalue weighted by molar-refractivity contribution is 7.22. The van der Waals surface area contributed by atoms with Crippen LogP contribution >= 0.6 is 22.9 Å². The molecule has 2 heterocycles. The average molecular weight is 486 g/mol. The number of piperazine rings is 1. The summed E-state index contributed by atoms with van der Waals surface area (Å²) in [6.07, 6.45) is 1.45. The third kappa shape index (κ3) is 6.25. The molecule has 1 aliphatic rings. The van der Waals surface area contributed by atoms with E-state index in [0.29, 0.717) is 25.0 Å². The summed E-state index contributed by atoms with van der Waals surface area (Å²) in [5.41, 5.74) is 3.27. The fourth-order valence-corrected chi connectivity index (χ4v) is 5.88. The Morgan fingerprint density at radius 1 is 1.21 bits per heavy atom. The maximum atomic E-state index is 11.9. The summed E-state index contributed by atoms with van der Waals surface area (Å²) in [7, 11) is 0. The van der Waals surface area contributed by atoms with E-state index in [-0.39, 0.29) is 5.97 Å². The van der Waals surface area contributed by atoms with Crippen LogP contribution in [0.15, 0.2) is 42.5 Å². The van der Waals surface area contributed by atoms with Gasteiger partial charge in [0.15, 0.2) is 5.13 Å². The van der Waals surface area contributed by atoms with Gasteiger partial charge in [-0.05, 0) is 48.6 Å². The first kappa shape index (κ1) is 24.0. The van der Waals surface area contributed by atoms with Gasteiger partial charge in [-0.25, -0.2) is 4.98 Å². The van der Waals surface area contributed by atoms with Crippen LogP contribution in [0.25, 0.3) is 10.2 Å². The molecule has 1 atom stereocenters. The van der Waals surface area contributed by atoms with Gasteiger partial charge in [0.25, 0.3) is 0 Å². The van der Waals surface area contributed by atoms with Gasteiger partial charge in [-0.15, -0.1) is 0 Å². The molecule has 0 spiro atoms. The van der Waals surface area contributed by atoms with Gasteiger partial charge in [-0.2, -0.15) is 0 Å². The molecule has 0 bridgehead atoms. The van der Waals surface area contributed by atoms with Gasteiger partial charge in [-0.1, -0.05) is 61.1 Å². The van der Waals surface area contributed by atoms with Gasteiger partial charge >= 0.3 is 5.97 Å². The topological polar surface area (TPSA) is 45.7 Å². The van der Waals surface area contributed by atoms with Crippen molar-refractivity contribution in [3.63, 3.8) is 0 Å². The molecule has 176 valence electrons. The number of ether oxygens (including phenoxy) is 1. The van der Waals surface area contributed by atoms with Crippen molar-refractivity contribution >= 4 is 44.3 Å². The molecule has 33 heavy (non-hydrogen) atoms. The SMILES string of the molecule is CCOC(=O)Cc1cccc(CN2CCN(c3nc4ccc(Cl)cc4s3)[C@@H](CC(C)C)C2)c1. The Balaban J connectivity index is 1.46. The van der Waals surface area contributed by atoms with E-state index in [1.165, 1.54) is 5.56 Å². The number of rotatable bonds is 8. The third-order valence-corrected chi connectivity index (χ3v) is 7.24. The number of thiazole rings is 1. The summed E-state index contributed by atoms with van der Waals surface area (Å²) in [5, 5.41) is 1.85. The Morgan fingerprint density at radius 2 is 2.03 bits per heavy atom. The standard InChI is InChI=1S/C26H32ClN3O2S/c1-4-32-25(31)14-19-6-5-7-20(13-19)16-29-10-11-30(22(17-29)12-18(2)3)26-28-23-9-8-21(27)15-24(23)33-26/h5-9,13,15,18,22H,4,10-12,14,16-17H2,1-3H3/t22-/m0/s1. The summed E-state index contributed by atoms with van der Waals surface area (Å²) >= 11 is 7.93. The Morgan fingerprint density at radius 3 is 2.82 bits per heavy atom. The lowest BCUT2D eigenvalue weighted by atomic mass is 9.99. The number of benzene rings is 2. The van der Waals surface area contributed by atoms with Crippen molar-refractivity contribution in [3.05, 3.63) is 58.6 Å². The van der Waals surface area contributed by atoms with Crippen LogP contribution in [0.3, 0.4) is 0 Å². The number of carbonyl (C=O) groups excluding carboxylic acids is 1. The molecule has 3 aromatic rings. The van der Waals surface area contributed by atoms with E-state index in [2.05, 4.69) is 35.8 Å². The van der Waals surface area contributed by atoms with Crippen molar-refractivity contribution < 1.29 is 9.53 Å². The summed E-state index contributed by atoms with van der Waals surface area (Å²) < 4.78 is 6.24. The number of esters is 1. The van der Waals surface area contributed by atoms with Crippen LogP contribution in [0.5, 0.6) is 0 Å². The van der Waals surface area contributed by atoms with Crippen molar-refractivity contribution in [1.82, 2.24) is 9.88 Å². The Hall–Kier alpha value is -2.15. The van der Waals surface area contributed by atoms with Gasteiger partial charge in [0.2, 0.25) is 0 Å². The van der Waals surface area contributed by atoms with Gasteiger partial charge in [-0.3, -0.25) is 9.69 Å². The highest BCUT2D eigenvalue weighted by Gasteiger charge is 2.29. The van der Waals surface area contributed by atoms with Crippen LogP contribution in [0.4, 0.5) is 5.13 Å². The molecule has 2 aromatic carbocycles. The van der Waals surface area contributed by atoms with E-state index in [9.17, 15) is 4.79 Å². The predicted molar refractivity (Wildman–Crippen MR) is 137 cm³/mol. The van der Waals surface area contributed by atoms with Crippen LogP contribution in [-0.4, -0.2) is 48.1 Å². The second kappa shape index (κ2) is 10.9. The molecular formula is C26H32ClN3O2S. The smallest absolute Gasteiger partial charge is 0.310 e. The minimum absolute atomic E-state index is 0.169. The van der Waals surface area contributed by atoms with Gasteiger partial charge < -0.3 is 9.64 Å². The molecule has 1 saturated heterocycles. The quantitative estimate of drug-likeness (QED) is 0.378. The number of anilines is 1. The molecular weight excluding hydrogens is 454 g/mol. The molecule has 0 amide bonds. The maximum Gasteiger partial charge on any atom is 0.310 e. The number of halogens is 1. The Kier molecular flexibility index (Phi) is 7.89. The molecule has 7 heteroatoms. The van der Waals surface area contributed by atoms with Crippen molar-refractivity contribution in [2.75, 3.05) is 31.1 Å². The number of carbonyl (C=O) groups is 1. The van der Waals surface area contributed by atoms with Crippen molar-refractivity contribution in [1.29, 1.82) is 0 Å². The summed E-state index contributed by atoms with van der Waals surface area (Å²) in [4.78, 5) is 21.8. The Bertz CT molecular complexity index is 1100. The normalized spacial score (nSPS) is 17.1. The number of aromatic nitrogens is 1. The zero-order valence-corrected chi connectivity index (χ0v) is 21.2. The molecule has 0 saturated carbocycles. The largest absolute Gasteiger partial charge is 0.466 e. The molecule has 0 unspecified atom stereocenters. The number of hydrogen-bond donors (Lipinski definition) is 0. The lowest BCUT2D eigenvalue weighted by molar-refractivity contribution is -0.142. The van der Waals surface area contributed by atoms with Gasteiger partial charge in [0, 0.05) is 37.2 Å². The monoisotopic (exact) mass is 485 g/mol. The number of nitrogens with zero attached hydrogens (tertiary/aromatic N) is 3. The first-order valence-corrected chi connectivity index (χ1v) is 12.9. The molecule has 0 N–H and O–H groups in total. The van der Waals surface area contributed by atoms with E-state index in [0.717, 1.165) is 58.5 Å². The molecule has 1 aromatic heterocycles. The number of fused-ring (bicyclic) bond motifs is 1. The molecule has 0 aliphatic carbocycles. The second-order valence-electron chi connectivity index (χ2n) is 9.12. The van der Waals surface area contributed by atoms with Gasteiger partial charge in [0.05, 0.1) is 23.2 Å². The fraction of sp³-hybridized carbons (Fsp3) is 0.462. The first-order valence-electron chi connectivity index (χ1n) is 11.7. The van der Waals surface area contributed by atoms with E-state index in [1.54, 1.807) is 11.3 Å². The second-order valence-corrected chi connectivity index (χ2v) is 10.6. The van der Waals surface area contributed by atoms with Crippen LogP contribution in [0, 0.1) is 5.92 Å². The predicted octanol–water partition coefficient (Wildman–Crippen LogP) is 5.79. The molecule has 1 fully saturated rings. The highest BCUT2D eigenvalue weighted by atomic mass is 35.5. The van der Waals surface area contributed by atoms with E-state index < -0.39 is 0 Å². The lowest BCUT2D eigenvalue weighted by Crippen LogP contribution is -2.53. The lowest BCUT2D eigenvalue weighted by Gasteiger charge is -2.42. The van der Waals surface area contributed by atoms with E-state index in [1.807, 2.05) is 37.3 Å². The zero-order valence-electron chi connectivity index (χ0n) is 19.6. The summed E-state index contributed by atoms with van der Waals surface area (Å²) in [5.74, 6) is 0.437. The molecule has 1 aliphatic heterocycles. The average Bonchev–Trinajstić information content (AvgIpc) is 3.17. The minimum atomic E-state index is -0.169. The summed E-state index contributed by atoms with van der Waals surface area (Å²) in [6, 6.07) is 14.7. The third-order valence-electron chi connectivity index (χ3n) is 5.95. The van der Waals surface area contributed by atoms with Crippen LogP contribution in [-0.2, 0) is 22.5 Å². The van der Waals surface area contributed by atoms with Crippen molar-refractivity contribution in [2.24, 2.45) is 5.92 Å². The first-order chi connectivity index (χ1) is 15.9. The zero-order chi connectivity index (χ0) is 23.4. The molecule has 0 radical (unpaired) electrons. The van der Waals surface area contributed by atoms with Crippen LogP contribution in [0.1, 0.15) is 38.3 Å². The Labute approximate surface area is 205 Å². The summed E-state index contributed by atoms with van der Waals surface area (Å²) in [6.45, 7) is 10.6. The van der Waals surface area contributed by atoms with Gasteiger partial charge in [0.1, 0.15) is 0 Å². The fourth-order valence-electron chi connectivity index (χ4n) is 4.54.